The van der Waals surface area contributed by atoms with Gasteiger partial charge >= 0.3 is 0 Å². The number of carbonyl (C=O) groups excluding carboxylic acids is 1. The summed E-state index contributed by atoms with van der Waals surface area (Å²) in [4.78, 5) is 10.3. The lowest BCUT2D eigenvalue weighted by atomic mass is 10.3. The first-order valence-electron chi connectivity index (χ1n) is 4.86. The van der Waals surface area contributed by atoms with Crippen molar-refractivity contribution < 1.29 is 13.9 Å². The maximum absolute atomic E-state index is 12.8. The number of primary amides is 1. The molecule has 96 valence electrons. The fourth-order valence-electron chi connectivity index (χ4n) is 0.721. The highest BCUT2D eigenvalue weighted by Gasteiger charge is 2.02. The Bertz CT molecular complexity index is 361. The summed E-state index contributed by atoms with van der Waals surface area (Å²) in [5.41, 5.74) is 4.82. The van der Waals surface area contributed by atoms with Gasteiger partial charge < -0.3 is 10.5 Å². The molecule has 0 bridgehead atoms. The highest BCUT2D eigenvalue weighted by molar-refractivity contribution is 7.98. The average molecular weight is 280 g/mol. The quantitative estimate of drug-likeness (QED) is 0.922. The van der Waals surface area contributed by atoms with Crippen molar-refractivity contribution in [3.8, 4) is 5.75 Å². The van der Waals surface area contributed by atoms with Gasteiger partial charge in [0.2, 0.25) is 0 Å². The number of halogens is 2. The fourth-order valence-corrected chi connectivity index (χ4v) is 0.839. The van der Waals surface area contributed by atoms with E-state index in [1.54, 1.807) is 0 Å². The molecular weight excluding hydrogens is 265 g/mol. The Morgan fingerprint density at radius 3 is 2.59 bits per heavy atom. The molecule has 0 spiro atoms. The number of amides is 1. The normalized spacial score (nSPS) is 9.18. The molecule has 0 saturated heterocycles. The van der Waals surface area contributed by atoms with E-state index in [1.807, 2.05) is 11.8 Å². The Morgan fingerprint density at radius 1 is 1.59 bits per heavy atom. The first kappa shape index (κ1) is 16.1. The second-order valence-corrected chi connectivity index (χ2v) is 4.47. The number of carbonyl (C=O) groups is 1. The van der Waals surface area contributed by atoms with Crippen LogP contribution < -0.4 is 10.5 Å². The summed E-state index contributed by atoms with van der Waals surface area (Å²) in [7, 11) is 0. The van der Waals surface area contributed by atoms with Gasteiger partial charge in [0.1, 0.15) is 11.6 Å². The number of rotatable bonds is 4. The van der Waals surface area contributed by atoms with Crippen molar-refractivity contribution in [1.82, 2.24) is 0 Å². The summed E-state index contributed by atoms with van der Waals surface area (Å²) < 4.78 is 17.6. The molecule has 1 amide bonds. The van der Waals surface area contributed by atoms with Gasteiger partial charge in [-0.1, -0.05) is 18.5 Å². The number of hydrogen-bond acceptors (Lipinski definition) is 3. The number of hydrogen-bond donors (Lipinski definition) is 1. The van der Waals surface area contributed by atoms with Crippen molar-refractivity contribution in [3.05, 3.63) is 29.0 Å². The second-order valence-electron chi connectivity index (χ2n) is 2.91. The predicted molar refractivity (Wildman–Crippen MR) is 70.2 cm³/mol. The molecule has 0 aliphatic carbocycles. The van der Waals surface area contributed by atoms with E-state index in [4.69, 9.17) is 22.1 Å². The van der Waals surface area contributed by atoms with Crippen LogP contribution in [0.5, 0.6) is 5.75 Å². The Kier molecular flexibility index (Phi) is 8.62. The number of thioether (sulfide) groups is 1. The Labute approximate surface area is 109 Å². The van der Waals surface area contributed by atoms with Crippen molar-refractivity contribution in [2.24, 2.45) is 5.73 Å². The lowest BCUT2D eigenvalue weighted by molar-refractivity contribution is -0.119. The van der Waals surface area contributed by atoms with E-state index >= 15 is 0 Å². The van der Waals surface area contributed by atoms with Crippen LogP contribution in [0.4, 0.5) is 4.39 Å². The molecule has 0 atom stereocenters. The Morgan fingerprint density at radius 2 is 2.18 bits per heavy atom. The van der Waals surface area contributed by atoms with E-state index in [0.717, 1.165) is 6.07 Å². The summed E-state index contributed by atoms with van der Waals surface area (Å²) in [5.74, 6) is 0.250. The first-order valence-corrected chi connectivity index (χ1v) is 6.63. The van der Waals surface area contributed by atoms with E-state index < -0.39 is 11.7 Å². The summed E-state index contributed by atoms with van der Waals surface area (Å²) in [6.07, 6.45) is 2.10. The molecule has 2 N–H and O–H groups in total. The van der Waals surface area contributed by atoms with Crippen molar-refractivity contribution in [1.29, 1.82) is 0 Å². The van der Waals surface area contributed by atoms with E-state index in [-0.39, 0.29) is 17.4 Å². The van der Waals surface area contributed by atoms with Crippen LogP contribution in [0.15, 0.2) is 18.2 Å². The molecule has 0 unspecified atom stereocenters. The molecule has 0 saturated carbocycles. The molecule has 6 heteroatoms. The van der Waals surface area contributed by atoms with Crippen molar-refractivity contribution in [2.75, 3.05) is 18.6 Å². The lowest BCUT2D eigenvalue weighted by Gasteiger charge is -2.03. The smallest absolute Gasteiger partial charge is 0.255 e. The van der Waals surface area contributed by atoms with E-state index in [2.05, 4.69) is 13.2 Å². The van der Waals surface area contributed by atoms with Crippen LogP contribution in [0.1, 0.15) is 6.92 Å². The SMILES string of the molecule is CCSC.NC(=O)COc1ccc(Cl)c(F)c1. The third-order valence-electron chi connectivity index (χ3n) is 1.56. The molecule has 0 radical (unpaired) electrons. The minimum atomic E-state index is -0.615. The summed E-state index contributed by atoms with van der Waals surface area (Å²) in [6.45, 7) is 1.87. The van der Waals surface area contributed by atoms with Gasteiger partial charge in [-0.25, -0.2) is 4.39 Å². The van der Waals surface area contributed by atoms with Gasteiger partial charge in [0, 0.05) is 6.07 Å². The summed E-state index contributed by atoms with van der Waals surface area (Å²) >= 11 is 7.28. The largest absolute Gasteiger partial charge is 0.484 e. The molecule has 17 heavy (non-hydrogen) atoms. The number of ether oxygens (including phenoxy) is 1. The zero-order valence-corrected chi connectivity index (χ0v) is 11.3. The third kappa shape index (κ3) is 7.88. The average Bonchev–Trinajstić information content (AvgIpc) is 2.31. The Hall–Kier alpha value is -0.940. The van der Waals surface area contributed by atoms with Crippen molar-refractivity contribution >= 4 is 29.3 Å². The summed E-state index contributed by atoms with van der Waals surface area (Å²) in [5, 5.41) is 0.00595. The molecular formula is C11H15ClFNO2S. The summed E-state index contributed by atoms with van der Waals surface area (Å²) in [6, 6.07) is 3.88. The molecule has 0 aliphatic rings. The molecule has 0 heterocycles. The molecule has 1 aromatic carbocycles. The van der Waals surface area contributed by atoms with Crippen molar-refractivity contribution in [2.45, 2.75) is 6.92 Å². The molecule has 3 nitrogen and oxygen atoms in total. The van der Waals surface area contributed by atoms with E-state index in [9.17, 15) is 9.18 Å². The molecule has 0 aliphatic heterocycles. The van der Waals surface area contributed by atoms with Crippen LogP contribution in [0.3, 0.4) is 0 Å². The predicted octanol–water partition coefficient (Wildman–Crippen LogP) is 2.71. The highest BCUT2D eigenvalue weighted by Crippen LogP contribution is 2.19. The van der Waals surface area contributed by atoms with Crippen LogP contribution in [-0.2, 0) is 4.79 Å². The zero-order valence-electron chi connectivity index (χ0n) is 9.70. The van der Waals surface area contributed by atoms with Gasteiger partial charge in [-0.15, -0.1) is 0 Å². The van der Waals surface area contributed by atoms with Gasteiger partial charge in [-0.05, 0) is 24.1 Å². The fraction of sp³-hybridized carbons (Fsp3) is 0.364. The third-order valence-corrected chi connectivity index (χ3v) is 2.44. The molecule has 1 aromatic rings. The number of benzene rings is 1. The van der Waals surface area contributed by atoms with Gasteiger partial charge in [-0.2, -0.15) is 11.8 Å². The van der Waals surface area contributed by atoms with Crippen LogP contribution >= 0.6 is 23.4 Å². The van der Waals surface area contributed by atoms with Crippen LogP contribution in [0, 0.1) is 5.82 Å². The van der Waals surface area contributed by atoms with E-state index in [1.165, 1.54) is 17.9 Å². The van der Waals surface area contributed by atoms with E-state index in [0.29, 0.717) is 0 Å². The topological polar surface area (TPSA) is 52.3 Å². The van der Waals surface area contributed by atoms with Gasteiger partial charge in [0.05, 0.1) is 5.02 Å². The standard InChI is InChI=1S/C8H7ClFNO2.C3H8S/c9-6-2-1-5(3-7(6)10)13-4-8(11)12;1-3-4-2/h1-3H,4H2,(H2,11,12);3H2,1-2H3. The number of nitrogens with two attached hydrogens (primary N) is 1. The molecule has 1 rings (SSSR count). The maximum atomic E-state index is 12.8. The Balaban J connectivity index is 0.000000557. The van der Waals surface area contributed by atoms with Gasteiger partial charge in [0.25, 0.3) is 5.91 Å². The minimum absolute atomic E-state index is 0.00595. The van der Waals surface area contributed by atoms with Crippen LogP contribution in [-0.4, -0.2) is 24.5 Å². The van der Waals surface area contributed by atoms with Gasteiger partial charge in [-0.3, -0.25) is 4.79 Å². The molecule has 0 aromatic heterocycles. The van der Waals surface area contributed by atoms with Gasteiger partial charge in [0.15, 0.2) is 6.61 Å². The highest BCUT2D eigenvalue weighted by atomic mass is 35.5. The van der Waals surface area contributed by atoms with Crippen molar-refractivity contribution in [3.63, 3.8) is 0 Å². The second kappa shape index (κ2) is 9.13. The minimum Gasteiger partial charge on any atom is -0.484 e. The maximum Gasteiger partial charge on any atom is 0.255 e. The first-order chi connectivity index (χ1) is 8.01. The van der Waals surface area contributed by atoms with Crippen LogP contribution in [0.25, 0.3) is 0 Å². The van der Waals surface area contributed by atoms with Crippen LogP contribution in [0.2, 0.25) is 5.02 Å². The molecule has 0 fully saturated rings. The lowest BCUT2D eigenvalue weighted by Crippen LogP contribution is -2.20. The zero-order chi connectivity index (χ0) is 13.3. The monoisotopic (exact) mass is 279 g/mol.